The van der Waals surface area contributed by atoms with Crippen molar-refractivity contribution in [1.82, 2.24) is 0 Å². The van der Waals surface area contributed by atoms with E-state index in [4.69, 9.17) is 4.74 Å². The minimum atomic E-state index is -2.53. The highest BCUT2D eigenvalue weighted by molar-refractivity contribution is 5.31. The number of hydrogen-bond donors (Lipinski definition) is 1. The Bertz CT molecular complexity index is 376. The first-order valence-electron chi connectivity index (χ1n) is 6.61. The zero-order chi connectivity index (χ0) is 14.5. The second-order valence-electron chi connectivity index (χ2n) is 5.21. The molecule has 2 nitrogen and oxygen atoms in total. The number of halogens is 2. The molecule has 1 rings (SSSR count). The molecule has 1 aromatic rings. The van der Waals surface area contributed by atoms with Gasteiger partial charge in [-0.1, -0.05) is 32.9 Å². The van der Waals surface area contributed by atoms with E-state index in [0.717, 1.165) is 0 Å². The molecule has 0 aliphatic carbocycles. The fourth-order valence-corrected chi connectivity index (χ4v) is 1.85. The molecule has 0 radical (unpaired) electrons. The third-order valence-corrected chi connectivity index (χ3v) is 3.05. The molecule has 0 aliphatic heterocycles. The molecule has 0 amide bonds. The fourth-order valence-electron chi connectivity index (χ4n) is 1.85. The summed E-state index contributed by atoms with van der Waals surface area (Å²) in [7, 11) is 0. The van der Waals surface area contributed by atoms with Crippen LogP contribution < -0.4 is 4.74 Å². The molecule has 0 saturated carbocycles. The van der Waals surface area contributed by atoms with Crippen molar-refractivity contribution in [2.24, 2.45) is 5.92 Å². The van der Waals surface area contributed by atoms with Gasteiger partial charge in [-0.3, -0.25) is 0 Å². The second-order valence-corrected chi connectivity index (χ2v) is 5.21. The minimum absolute atomic E-state index is 0.254. The quantitative estimate of drug-likeness (QED) is 0.813. The van der Waals surface area contributed by atoms with Gasteiger partial charge in [0, 0.05) is 6.42 Å². The van der Waals surface area contributed by atoms with Crippen LogP contribution in [0.15, 0.2) is 24.3 Å². The van der Waals surface area contributed by atoms with Gasteiger partial charge in [0.15, 0.2) is 0 Å². The normalized spacial score (nSPS) is 14.7. The Balaban J connectivity index is 2.78. The summed E-state index contributed by atoms with van der Waals surface area (Å²) in [5.41, 5.74) is -0.961. The van der Waals surface area contributed by atoms with E-state index in [1.807, 2.05) is 13.8 Å². The van der Waals surface area contributed by atoms with Gasteiger partial charge >= 0.3 is 0 Å². The van der Waals surface area contributed by atoms with Crippen molar-refractivity contribution < 1.29 is 18.6 Å². The summed E-state index contributed by atoms with van der Waals surface area (Å²) >= 11 is 0. The van der Waals surface area contributed by atoms with E-state index < -0.39 is 18.4 Å². The summed E-state index contributed by atoms with van der Waals surface area (Å²) in [6.45, 7) is 6.40. The van der Waals surface area contributed by atoms with Gasteiger partial charge in [-0.15, -0.1) is 0 Å². The molecular formula is C15H22F2O2. The maximum Gasteiger partial charge on any atom is 0.241 e. The van der Waals surface area contributed by atoms with Crippen molar-refractivity contribution >= 4 is 0 Å². The number of rotatable bonds is 7. The van der Waals surface area contributed by atoms with Gasteiger partial charge < -0.3 is 9.84 Å². The van der Waals surface area contributed by atoms with Crippen molar-refractivity contribution in [2.45, 2.75) is 45.6 Å². The predicted molar refractivity (Wildman–Crippen MR) is 71.6 cm³/mol. The van der Waals surface area contributed by atoms with E-state index in [0.29, 0.717) is 23.8 Å². The van der Waals surface area contributed by atoms with Crippen LogP contribution in [0.25, 0.3) is 0 Å². The topological polar surface area (TPSA) is 29.5 Å². The van der Waals surface area contributed by atoms with Crippen LogP contribution in [0.5, 0.6) is 5.75 Å². The highest BCUT2D eigenvalue weighted by atomic mass is 19.3. The van der Waals surface area contributed by atoms with Crippen molar-refractivity contribution in [3.8, 4) is 5.75 Å². The van der Waals surface area contributed by atoms with Gasteiger partial charge in [-0.05, 0) is 30.0 Å². The summed E-state index contributed by atoms with van der Waals surface area (Å²) in [6.07, 6.45) is -2.82. The van der Waals surface area contributed by atoms with Crippen LogP contribution in [0.2, 0.25) is 0 Å². The monoisotopic (exact) mass is 272 g/mol. The van der Waals surface area contributed by atoms with Crippen LogP contribution in [0.3, 0.4) is 0 Å². The van der Waals surface area contributed by atoms with Crippen LogP contribution >= 0.6 is 0 Å². The van der Waals surface area contributed by atoms with E-state index in [1.165, 1.54) is 0 Å². The van der Waals surface area contributed by atoms with Crippen LogP contribution in [-0.4, -0.2) is 18.1 Å². The number of aliphatic hydroxyl groups is 1. The lowest BCUT2D eigenvalue weighted by molar-refractivity contribution is -0.0295. The first-order valence-corrected chi connectivity index (χ1v) is 6.61. The molecule has 0 aromatic heterocycles. The molecule has 1 atom stereocenters. The third kappa shape index (κ3) is 4.78. The van der Waals surface area contributed by atoms with Crippen LogP contribution in [0.1, 0.15) is 39.2 Å². The molecule has 0 fully saturated rings. The Morgan fingerprint density at radius 3 is 2.21 bits per heavy atom. The summed E-state index contributed by atoms with van der Waals surface area (Å²) in [5, 5.41) is 10.2. The number of ether oxygens (including phenoxy) is 1. The highest BCUT2D eigenvalue weighted by Crippen LogP contribution is 2.32. The second kappa shape index (κ2) is 6.85. The Morgan fingerprint density at radius 2 is 1.79 bits per heavy atom. The van der Waals surface area contributed by atoms with E-state index in [-0.39, 0.29) is 6.42 Å². The molecule has 0 saturated heterocycles. The third-order valence-electron chi connectivity index (χ3n) is 3.05. The number of benzene rings is 1. The minimum Gasteiger partial charge on any atom is -0.493 e. The van der Waals surface area contributed by atoms with Crippen molar-refractivity contribution in [2.75, 3.05) is 6.61 Å². The van der Waals surface area contributed by atoms with Gasteiger partial charge in [0.25, 0.3) is 0 Å². The molecule has 4 heteroatoms. The van der Waals surface area contributed by atoms with Gasteiger partial charge in [0.1, 0.15) is 5.75 Å². The zero-order valence-electron chi connectivity index (χ0n) is 11.7. The lowest BCUT2D eigenvalue weighted by Gasteiger charge is -2.27. The lowest BCUT2D eigenvalue weighted by atomic mass is 9.88. The van der Waals surface area contributed by atoms with Crippen LogP contribution in [-0.2, 0) is 5.60 Å². The first-order chi connectivity index (χ1) is 8.87. The van der Waals surface area contributed by atoms with Gasteiger partial charge in [0.05, 0.1) is 12.2 Å². The predicted octanol–water partition coefficient (Wildman–Crippen LogP) is 3.97. The SMILES string of the molecule is CCC(O)(CC(F)F)c1ccc(OCC(C)C)cc1. The van der Waals surface area contributed by atoms with Crippen molar-refractivity contribution in [1.29, 1.82) is 0 Å². The summed E-state index contributed by atoms with van der Waals surface area (Å²) < 4.78 is 30.5. The van der Waals surface area contributed by atoms with Crippen LogP contribution in [0.4, 0.5) is 8.78 Å². The average Bonchev–Trinajstić information content (AvgIpc) is 2.36. The molecule has 0 heterocycles. The Kier molecular flexibility index (Phi) is 5.73. The summed E-state index contributed by atoms with van der Waals surface area (Å²) in [6, 6.07) is 6.73. The number of alkyl halides is 2. The van der Waals surface area contributed by atoms with E-state index in [2.05, 4.69) is 0 Å². The molecule has 0 spiro atoms. The molecular weight excluding hydrogens is 250 g/mol. The molecule has 0 aliphatic rings. The maximum atomic E-state index is 12.5. The smallest absolute Gasteiger partial charge is 0.241 e. The molecule has 0 bridgehead atoms. The standard InChI is InChI=1S/C15H22F2O2/c1-4-15(18,9-14(16)17)12-5-7-13(8-6-12)19-10-11(2)3/h5-8,11,14,18H,4,9-10H2,1-3H3. The fraction of sp³-hybridized carbons (Fsp3) is 0.600. The molecule has 1 aromatic carbocycles. The maximum absolute atomic E-state index is 12.5. The molecule has 19 heavy (non-hydrogen) atoms. The summed E-state index contributed by atoms with van der Waals surface area (Å²) in [4.78, 5) is 0. The molecule has 1 unspecified atom stereocenters. The molecule has 108 valence electrons. The van der Waals surface area contributed by atoms with Crippen molar-refractivity contribution in [3.05, 3.63) is 29.8 Å². The van der Waals surface area contributed by atoms with Crippen LogP contribution in [0, 0.1) is 5.92 Å². The largest absolute Gasteiger partial charge is 0.493 e. The molecule has 1 N–H and O–H groups in total. The zero-order valence-corrected chi connectivity index (χ0v) is 11.7. The van der Waals surface area contributed by atoms with Gasteiger partial charge in [-0.2, -0.15) is 0 Å². The highest BCUT2D eigenvalue weighted by Gasteiger charge is 2.30. The Hall–Kier alpha value is -1.16. The van der Waals surface area contributed by atoms with Gasteiger partial charge in [-0.25, -0.2) is 8.78 Å². The Labute approximate surface area is 113 Å². The van der Waals surface area contributed by atoms with E-state index in [9.17, 15) is 13.9 Å². The van der Waals surface area contributed by atoms with Crippen molar-refractivity contribution in [3.63, 3.8) is 0 Å². The summed E-state index contributed by atoms with van der Waals surface area (Å²) in [5.74, 6) is 1.11. The Morgan fingerprint density at radius 1 is 1.21 bits per heavy atom. The van der Waals surface area contributed by atoms with E-state index >= 15 is 0 Å². The first kappa shape index (κ1) is 15.9. The average molecular weight is 272 g/mol. The van der Waals surface area contributed by atoms with E-state index in [1.54, 1.807) is 31.2 Å². The lowest BCUT2D eigenvalue weighted by Crippen LogP contribution is -2.27. The number of hydrogen-bond acceptors (Lipinski definition) is 2. The van der Waals surface area contributed by atoms with Gasteiger partial charge in [0.2, 0.25) is 6.43 Å².